The fraction of sp³-hybridized carbons (Fsp3) is 0.0270. The second-order valence-electron chi connectivity index (χ2n) is 10.5. The molecule has 0 aliphatic carbocycles. The van der Waals surface area contributed by atoms with Crippen molar-refractivity contribution in [3.63, 3.8) is 0 Å². The Labute approximate surface area is 241 Å². The van der Waals surface area contributed by atoms with E-state index in [2.05, 4.69) is 144 Å². The molecule has 9 rings (SSSR count). The summed E-state index contributed by atoms with van der Waals surface area (Å²) < 4.78 is 2.70. The van der Waals surface area contributed by atoms with Gasteiger partial charge in [-0.2, -0.15) is 0 Å². The van der Waals surface area contributed by atoms with E-state index in [-0.39, 0.29) is 0 Å². The lowest BCUT2D eigenvalue weighted by Gasteiger charge is -2.49. The molecule has 40 heavy (non-hydrogen) atoms. The number of nitrogens with zero attached hydrogens (tertiary/aromatic N) is 1. The normalized spacial score (nSPS) is 14.6. The van der Waals surface area contributed by atoms with Crippen LogP contribution in [0.3, 0.4) is 0 Å². The summed E-state index contributed by atoms with van der Waals surface area (Å²) in [5, 5.41) is 2.69. The zero-order valence-electron chi connectivity index (χ0n) is 21.5. The highest BCUT2D eigenvalue weighted by Crippen LogP contribution is 2.63. The molecule has 1 nitrogen and oxygen atoms in total. The Kier molecular flexibility index (Phi) is 4.69. The summed E-state index contributed by atoms with van der Waals surface area (Å²) in [6.07, 6.45) is 0. The second kappa shape index (κ2) is 8.34. The highest BCUT2D eigenvalue weighted by atomic mass is 32.2. The molecular weight excluding hydrogens is 523 g/mol. The maximum atomic E-state index is 2.51. The summed E-state index contributed by atoms with van der Waals surface area (Å²) in [6, 6.07) is 51.7. The molecule has 0 saturated carbocycles. The Hall–Kier alpha value is -4.31. The Bertz CT molecular complexity index is 2060. The first kappa shape index (κ1) is 22.5. The number of fused-ring (bicyclic) bond motifs is 11. The lowest BCUT2D eigenvalue weighted by atomic mass is 9.62. The first-order chi connectivity index (χ1) is 19.8. The maximum Gasteiger partial charge on any atom is 0.0764 e. The summed E-state index contributed by atoms with van der Waals surface area (Å²) >= 11 is 3.81. The molecule has 2 aliphatic rings. The zero-order chi connectivity index (χ0) is 26.3. The van der Waals surface area contributed by atoms with Gasteiger partial charge in [-0.25, -0.2) is 0 Å². The monoisotopic (exact) mass is 545 g/mol. The highest BCUT2D eigenvalue weighted by Gasteiger charge is 2.50. The van der Waals surface area contributed by atoms with Gasteiger partial charge in [0, 0.05) is 35.7 Å². The Morgan fingerprint density at radius 1 is 0.450 bits per heavy atom. The number of anilines is 3. The third kappa shape index (κ3) is 2.89. The van der Waals surface area contributed by atoms with Crippen molar-refractivity contribution in [3.05, 3.63) is 162 Å². The lowest BCUT2D eigenvalue weighted by Crippen LogP contribution is -2.39. The molecule has 1 aromatic heterocycles. The number of hydrogen-bond donors (Lipinski definition) is 0. The molecule has 0 radical (unpaired) electrons. The van der Waals surface area contributed by atoms with Crippen LogP contribution < -0.4 is 4.90 Å². The number of para-hydroxylation sites is 3. The molecule has 0 N–H and O–H groups in total. The fourth-order valence-corrected chi connectivity index (χ4v) is 9.36. The van der Waals surface area contributed by atoms with Gasteiger partial charge in [0.1, 0.15) is 0 Å². The molecule has 0 fully saturated rings. The van der Waals surface area contributed by atoms with Crippen molar-refractivity contribution >= 4 is 60.3 Å². The van der Waals surface area contributed by atoms with Gasteiger partial charge in [0.15, 0.2) is 0 Å². The van der Waals surface area contributed by atoms with Gasteiger partial charge >= 0.3 is 0 Å². The van der Waals surface area contributed by atoms with Crippen LogP contribution in [0.1, 0.15) is 22.3 Å². The minimum atomic E-state index is -0.438. The van der Waals surface area contributed by atoms with Crippen molar-refractivity contribution in [1.82, 2.24) is 0 Å². The SMILES string of the molecule is c1ccc(N2c3ccccc3C3(c4ccccc4Sc4cc5sc6ccccc6c5cc43)c3ccccc32)cc1. The average Bonchev–Trinajstić information content (AvgIpc) is 3.38. The van der Waals surface area contributed by atoms with Crippen LogP contribution in [-0.2, 0) is 5.41 Å². The van der Waals surface area contributed by atoms with E-state index in [1.165, 1.54) is 69.3 Å². The number of thiophene rings is 1. The Morgan fingerprint density at radius 3 is 1.85 bits per heavy atom. The summed E-state index contributed by atoms with van der Waals surface area (Å²) in [7, 11) is 0. The molecule has 1 spiro atoms. The second-order valence-corrected chi connectivity index (χ2v) is 12.7. The van der Waals surface area contributed by atoms with Crippen LogP contribution >= 0.6 is 23.1 Å². The average molecular weight is 546 g/mol. The van der Waals surface area contributed by atoms with Gasteiger partial charge in [-0.1, -0.05) is 103 Å². The highest BCUT2D eigenvalue weighted by molar-refractivity contribution is 7.99. The molecule has 6 aromatic carbocycles. The smallest absolute Gasteiger partial charge is 0.0764 e. The van der Waals surface area contributed by atoms with Crippen LogP contribution in [0.15, 0.2) is 149 Å². The summed E-state index contributed by atoms with van der Waals surface area (Å²) in [5.74, 6) is 0. The minimum absolute atomic E-state index is 0.438. The molecule has 0 bridgehead atoms. The molecule has 0 atom stereocenters. The summed E-state index contributed by atoms with van der Waals surface area (Å²) in [6.45, 7) is 0. The van der Waals surface area contributed by atoms with Crippen LogP contribution in [0.4, 0.5) is 17.1 Å². The molecule has 2 aliphatic heterocycles. The van der Waals surface area contributed by atoms with Crippen LogP contribution in [0.25, 0.3) is 20.2 Å². The van der Waals surface area contributed by atoms with Crippen molar-refractivity contribution < 1.29 is 0 Å². The summed E-state index contributed by atoms with van der Waals surface area (Å²) in [4.78, 5) is 5.11. The number of rotatable bonds is 1. The van der Waals surface area contributed by atoms with E-state index in [0.29, 0.717) is 0 Å². The first-order valence-electron chi connectivity index (χ1n) is 13.6. The van der Waals surface area contributed by atoms with Crippen molar-refractivity contribution in [1.29, 1.82) is 0 Å². The first-order valence-corrected chi connectivity index (χ1v) is 15.2. The fourth-order valence-electron chi connectivity index (χ4n) is 6.94. The van der Waals surface area contributed by atoms with Crippen LogP contribution in [0.5, 0.6) is 0 Å². The van der Waals surface area contributed by atoms with E-state index >= 15 is 0 Å². The molecule has 3 heterocycles. The molecule has 0 amide bonds. The van der Waals surface area contributed by atoms with E-state index < -0.39 is 5.41 Å². The summed E-state index contributed by atoms with van der Waals surface area (Å²) in [5.41, 5.74) is 8.59. The van der Waals surface area contributed by atoms with Crippen molar-refractivity contribution in [2.75, 3.05) is 4.90 Å². The molecule has 0 saturated heterocycles. The standard InChI is InChI=1S/C37H23NS2/c1-2-12-24(13-3-1)38-31-18-8-5-15-27(31)37(28-16-6-9-19-32(28)38)29-17-7-11-21-34(29)40-36-23-35-26(22-30(36)37)25-14-4-10-20-33(25)39-35/h1-23H. The van der Waals surface area contributed by atoms with Gasteiger partial charge in [0.25, 0.3) is 0 Å². The van der Waals surface area contributed by atoms with E-state index in [9.17, 15) is 0 Å². The van der Waals surface area contributed by atoms with Crippen molar-refractivity contribution in [2.24, 2.45) is 0 Å². The Balaban J connectivity index is 1.47. The molecule has 188 valence electrons. The molecular formula is C37H23NS2. The zero-order valence-corrected chi connectivity index (χ0v) is 23.2. The van der Waals surface area contributed by atoms with E-state index in [1.54, 1.807) is 0 Å². The third-order valence-corrected chi connectivity index (χ3v) is 10.8. The minimum Gasteiger partial charge on any atom is -0.310 e. The van der Waals surface area contributed by atoms with Gasteiger partial charge < -0.3 is 4.90 Å². The van der Waals surface area contributed by atoms with Gasteiger partial charge in [-0.15, -0.1) is 11.3 Å². The largest absolute Gasteiger partial charge is 0.310 e. The topological polar surface area (TPSA) is 3.24 Å². The third-order valence-electron chi connectivity index (χ3n) is 8.51. The quantitative estimate of drug-likeness (QED) is 0.202. The number of benzene rings is 6. The van der Waals surface area contributed by atoms with E-state index in [4.69, 9.17) is 0 Å². The van der Waals surface area contributed by atoms with E-state index in [0.717, 1.165) is 0 Å². The molecule has 3 heteroatoms. The van der Waals surface area contributed by atoms with Crippen LogP contribution in [-0.4, -0.2) is 0 Å². The Morgan fingerprint density at radius 2 is 1.07 bits per heavy atom. The molecule has 7 aromatic rings. The predicted molar refractivity (Wildman–Crippen MR) is 170 cm³/mol. The maximum absolute atomic E-state index is 2.51. The number of hydrogen-bond acceptors (Lipinski definition) is 3. The van der Waals surface area contributed by atoms with Gasteiger partial charge in [-0.3, -0.25) is 0 Å². The molecule has 0 unspecified atom stereocenters. The van der Waals surface area contributed by atoms with Gasteiger partial charge in [0.2, 0.25) is 0 Å². The lowest BCUT2D eigenvalue weighted by molar-refractivity contribution is 0.693. The van der Waals surface area contributed by atoms with Crippen LogP contribution in [0, 0.1) is 0 Å². The van der Waals surface area contributed by atoms with Crippen molar-refractivity contribution in [2.45, 2.75) is 15.2 Å². The predicted octanol–water partition coefficient (Wildman–Crippen LogP) is 10.7. The van der Waals surface area contributed by atoms with Crippen LogP contribution in [0.2, 0.25) is 0 Å². The van der Waals surface area contributed by atoms with Gasteiger partial charge in [-0.05, 0) is 70.8 Å². The van der Waals surface area contributed by atoms with Crippen molar-refractivity contribution in [3.8, 4) is 0 Å². The van der Waals surface area contributed by atoms with Gasteiger partial charge in [0.05, 0.1) is 16.8 Å². The van der Waals surface area contributed by atoms with E-state index in [1.807, 2.05) is 23.1 Å².